The number of hydrogen-bond donors (Lipinski definition) is 2. The van der Waals surface area contributed by atoms with Crippen molar-refractivity contribution in [1.82, 2.24) is 19.9 Å². The molecule has 3 aliphatic heterocycles. The van der Waals surface area contributed by atoms with Crippen molar-refractivity contribution in [3.8, 4) is 0 Å². The summed E-state index contributed by atoms with van der Waals surface area (Å²) in [5, 5.41) is 10.6. The molecular weight excluding hydrogens is 280 g/mol. The van der Waals surface area contributed by atoms with Crippen LogP contribution >= 0.6 is 0 Å². The van der Waals surface area contributed by atoms with Gasteiger partial charge in [-0.2, -0.15) is 0 Å². The summed E-state index contributed by atoms with van der Waals surface area (Å²) < 4.78 is 1.99. The summed E-state index contributed by atoms with van der Waals surface area (Å²) in [6, 6.07) is 0.574. The minimum atomic E-state index is 0.219. The van der Waals surface area contributed by atoms with Crippen LogP contribution in [0.2, 0.25) is 0 Å². The zero-order chi connectivity index (χ0) is 15.7. The normalized spacial score (nSPS) is 30.5. The van der Waals surface area contributed by atoms with E-state index >= 15 is 0 Å². The van der Waals surface area contributed by atoms with Gasteiger partial charge in [0.15, 0.2) is 0 Å². The number of rotatable bonds is 5. The highest BCUT2D eigenvalue weighted by Gasteiger charge is 2.46. The van der Waals surface area contributed by atoms with E-state index in [1.807, 2.05) is 25.8 Å². The van der Waals surface area contributed by atoms with Crippen LogP contribution in [-0.4, -0.2) is 66.1 Å². The lowest BCUT2D eigenvalue weighted by molar-refractivity contribution is -0.945. The zero-order valence-electron chi connectivity index (χ0n) is 13.8. The third-order valence-electron chi connectivity index (χ3n) is 5.22. The predicted octanol–water partition coefficient (Wildman–Crippen LogP) is -2.65. The van der Waals surface area contributed by atoms with Crippen molar-refractivity contribution in [3.63, 3.8) is 0 Å². The Morgan fingerprint density at radius 3 is 3.00 bits per heavy atom. The smallest absolute Gasteiger partial charge is 0.231 e. The van der Waals surface area contributed by atoms with E-state index in [0.29, 0.717) is 17.9 Å². The summed E-state index contributed by atoms with van der Waals surface area (Å²) in [6.07, 6.45) is 4.38. The third-order valence-corrected chi connectivity index (χ3v) is 5.22. The number of carbonyl (C=O) groups excluding carboxylic acids is 1. The third kappa shape index (κ3) is 3.01. The van der Waals surface area contributed by atoms with Crippen molar-refractivity contribution in [2.45, 2.75) is 32.0 Å². The number of aromatic nitrogens is 3. The fraction of sp³-hybridized carbons (Fsp3) is 0.800. The molecule has 3 aliphatic rings. The molecule has 0 spiro atoms. The van der Waals surface area contributed by atoms with Crippen molar-refractivity contribution in [2.24, 2.45) is 11.8 Å². The highest BCUT2D eigenvalue weighted by molar-refractivity contribution is 5.78. The second-order valence-electron chi connectivity index (χ2n) is 6.98. The van der Waals surface area contributed by atoms with Gasteiger partial charge < -0.3 is 15.1 Å². The first-order chi connectivity index (χ1) is 10.6. The van der Waals surface area contributed by atoms with Crippen LogP contribution in [0.15, 0.2) is 6.20 Å². The summed E-state index contributed by atoms with van der Waals surface area (Å²) in [4.78, 5) is 15.6. The summed E-state index contributed by atoms with van der Waals surface area (Å²) in [5.41, 5.74) is 1.04. The molecule has 1 aromatic heterocycles. The molecule has 3 N–H and O–H groups in total. The van der Waals surface area contributed by atoms with Gasteiger partial charge in [0.25, 0.3) is 0 Å². The minimum Gasteiger partial charge on any atom is -0.348 e. The largest absolute Gasteiger partial charge is 0.348 e. The number of quaternary nitrogens is 2. The molecule has 0 aliphatic carbocycles. The van der Waals surface area contributed by atoms with E-state index in [1.54, 1.807) is 9.80 Å². The lowest BCUT2D eigenvalue weighted by atomic mass is 9.75. The fourth-order valence-corrected chi connectivity index (χ4v) is 4.09. The molecule has 0 saturated carbocycles. The molecule has 3 saturated heterocycles. The maximum atomic E-state index is 12.3. The average molecular weight is 308 g/mol. The Bertz CT molecular complexity index is 528. The SMILES string of the molecule is C[NH2+]Cc1cn(C[C@H]2C[C@@H]3CC[NH+]2C[C@@H]3C(=O)N(C)C)nn1. The highest BCUT2D eigenvalue weighted by atomic mass is 16.2. The number of nitrogens with two attached hydrogens (primary N) is 1. The van der Waals surface area contributed by atoms with Gasteiger partial charge in [0, 0.05) is 26.9 Å². The maximum Gasteiger partial charge on any atom is 0.231 e. The molecule has 1 amide bonds. The number of piperidine rings is 3. The Labute approximate surface area is 131 Å². The molecule has 22 heavy (non-hydrogen) atoms. The van der Waals surface area contributed by atoms with E-state index in [1.165, 1.54) is 13.0 Å². The first kappa shape index (κ1) is 15.4. The van der Waals surface area contributed by atoms with Gasteiger partial charge in [0.2, 0.25) is 5.91 Å². The molecule has 0 radical (unpaired) electrons. The monoisotopic (exact) mass is 308 g/mol. The van der Waals surface area contributed by atoms with Crippen LogP contribution in [0.5, 0.6) is 0 Å². The Morgan fingerprint density at radius 2 is 2.36 bits per heavy atom. The van der Waals surface area contributed by atoms with Gasteiger partial charge in [-0.25, -0.2) is 4.68 Å². The lowest BCUT2D eigenvalue weighted by Gasteiger charge is -2.46. The van der Waals surface area contributed by atoms with Gasteiger partial charge >= 0.3 is 0 Å². The van der Waals surface area contributed by atoms with Gasteiger partial charge in [0.05, 0.1) is 38.8 Å². The van der Waals surface area contributed by atoms with Gasteiger partial charge in [0.1, 0.15) is 18.3 Å². The summed E-state index contributed by atoms with van der Waals surface area (Å²) in [7, 11) is 5.78. The van der Waals surface area contributed by atoms with Crippen LogP contribution in [-0.2, 0) is 17.9 Å². The summed E-state index contributed by atoms with van der Waals surface area (Å²) >= 11 is 0. The first-order valence-electron chi connectivity index (χ1n) is 8.31. The molecule has 7 heteroatoms. The lowest BCUT2D eigenvalue weighted by Crippen LogP contribution is -3.20. The Morgan fingerprint density at radius 1 is 1.55 bits per heavy atom. The topological polar surface area (TPSA) is 72.1 Å². The number of nitrogens with one attached hydrogen (secondary N) is 1. The molecule has 1 unspecified atom stereocenters. The number of fused-ring (bicyclic) bond motifs is 3. The van der Waals surface area contributed by atoms with Crippen LogP contribution < -0.4 is 10.2 Å². The molecule has 122 valence electrons. The van der Waals surface area contributed by atoms with Gasteiger partial charge in [-0.15, -0.1) is 5.10 Å². The average Bonchev–Trinajstić information content (AvgIpc) is 2.94. The van der Waals surface area contributed by atoms with Crippen molar-refractivity contribution < 1.29 is 15.0 Å². The second-order valence-corrected chi connectivity index (χ2v) is 6.98. The van der Waals surface area contributed by atoms with E-state index in [9.17, 15) is 4.79 Å². The first-order valence-corrected chi connectivity index (χ1v) is 8.31. The highest BCUT2D eigenvalue weighted by Crippen LogP contribution is 2.28. The van der Waals surface area contributed by atoms with E-state index in [-0.39, 0.29) is 5.92 Å². The molecule has 3 fully saturated rings. The van der Waals surface area contributed by atoms with Gasteiger partial charge in [-0.1, -0.05) is 5.21 Å². The Hall–Kier alpha value is -1.47. The molecule has 2 bridgehead atoms. The quantitative estimate of drug-likeness (QED) is 0.624. The minimum absolute atomic E-state index is 0.219. The van der Waals surface area contributed by atoms with Crippen molar-refractivity contribution >= 4 is 5.91 Å². The summed E-state index contributed by atoms with van der Waals surface area (Å²) in [5.74, 6) is 1.07. The number of hydrogen-bond acceptors (Lipinski definition) is 3. The Kier molecular flexibility index (Phi) is 4.44. The van der Waals surface area contributed by atoms with E-state index in [2.05, 4.69) is 21.8 Å². The van der Waals surface area contributed by atoms with Crippen LogP contribution in [0.25, 0.3) is 0 Å². The molecule has 7 nitrogen and oxygen atoms in total. The molecular formula is C15H28N6O+2. The van der Waals surface area contributed by atoms with Crippen LogP contribution in [0.1, 0.15) is 18.5 Å². The summed E-state index contributed by atoms with van der Waals surface area (Å²) in [6.45, 7) is 3.97. The number of carbonyl (C=O) groups is 1. The molecule has 4 atom stereocenters. The molecule has 1 aromatic rings. The second kappa shape index (κ2) is 6.34. The van der Waals surface area contributed by atoms with Crippen molar-refractivity contribution in [2.75, 3.05) is 34.2 Å². The number of nitrogens with zero attached hydrogens (tertiary/aromatic N) is 4. The Balaban J connectivity index is 1.62. The van der Waals surface area contributed by atoms with E-state index < -0.39 is 0 Å². The van der Waals surface area contributed by atoms with Crippen molar-refractivity contribution in [3.05, 3.63) is 11.9 Å². The standard InChI is InChI=1S/C15H26N6O/c1-16-7-12-8-21(18-17-12)9-13-6-11-4-5-20(13)10-14(11)15(22)19(2)3/h8,11,13-14,16H,4-7,9-10H2,1-3H3/p+2/t11-,13+,14-/m0/s1. The van der Waals surface area contributed by atoms with Gasteiger partial charge in [-0.3, -0.25) is 4.79 Å². The van der Waals surface area contributed by atoms with Gasteiger partial charge in [-0.05, 0) is 5.92 Å². The van der Waals surface area contributed by atoms with Crippen LogP contribution in [0.4, 0.5) is 0 Å². The molecule has 4 rings (SSSR count). The van der Waals surface area contributed by atoms with Crippen LogP contribution in [0, 0.1) is 11.8 Å². The zero-order valence-corrected chi connectivity index (χ0v) is 13.8. The molecule has 4 heterocycles. The van der Waals surface area contributed by atoms with Crippen LogP contribution in [0.3, 0.4) is 0 Å². The van der Waals surface area contributed by atoms with E-state index in [4.69, 9.17) is 0 Å². The predicted molar refractivity (Wildman–Crippen MR) is 81.0 cm³/mol. The van der Waals surface area contributed by atoms with Crippen molar-refractivity contribution in [1.29, 1.82) is 0 Å². The maximum absolute atomic E-state index is 12.3. The van der Waals surface area contributed by atoms with E-state index in [0.717, 1.165) is 31.7 Å². The fourth-order valence-electron chi connectivity index (χ4n) is 4.09. The molecule has 0 aromatic carbocycles. The number of amides is 1.